The molecule has 3 aromatic rings. The first-order chi connectivity index (χ1) is 16.1. The molecule has 4 rings (SSSR count). The summed E-state index contributed by atoms with van der Waals surface area (Å²) in [6.45, 7) is 2.69. The van der Waals surface area contributed by atoms with Crippen molar-refractivity contribution < 1.29 is 27.5 Å². The number of cyclic esters (lactones) is 1. The van der Waals surface area contributed by atoms with Gasteiger partial charge in [0, 0.05) is 0 Å². The minimum Gasteiger partial charge on any atom is -0.441 e. The highest BCUT2D eigenvalue weighted by Gasteiger charge is 2.33. The Labute approximate surface area is 193 Å². The van der Waals surface area contributed by atoms with E-state index in [2.05, 4.69) is 0 Å². The highest BCUT2D eigenvalue weighted by Crippen LogP contribution is 2.42. The van der Waals surface area contributed by atoms with Crippen LogP contribution in [0.1, 0.15) is 16.7 Å². The number of rotatable bonds is 10. The van der Waals surface area contributed by atoms with E-state index in [1.54, 1.807) is 19.1 Å². The van der Waals surface area contributed by atoms with Crippen molar-refractivity contribution >= 4 is 20.4 Å². The van der Waals surface area contributed by atoms with Gasteiger partial charge in [-0.15, -0.1) is 0 Å². The molecule has 1 saturated heterocycles. The van der Waals surface area contributed by atoms with Crippen LogP contribution in [0.25, 0.3) is 0 Å². The number of hydrogen-bond acceptors (Lipinski definition) is 5. The number of hydrogen-bond donors (Lipinski definition) is 0. The zero-order chi connectivity index (χ0) is 23.0. The first-order valence-electron chi connectivity index (χ1n) is 10.6. The number of ether oxygens (including phenoxy) is 1. The molecule has 3 aromatic carbocycles. The van der Waals surface area contributed by atoms with E-state index >= 15 is 0 Å². The Morgan fingerprint density at radius 1 is 0.939 bits per heavy atom. The van der Waals surface area contributed by atoms with Crippen molar-refractivity contribution in [3.8, 4) is 0 Å². The maximum Gasteiger partial charge on any atom is 0.414 e. The van der Waals surface area contributed by atoms with Gasteiger partial charge >= 0.3 is 14.7 Å². The number of halogens is 1. The molecule has 8 heteroatoms. The quantitative estimate of drug-likeness (QED) is 0.334. The summed E-state index contributed by atoms with van der Waals surface area (Å²) < 4.78 is 37.0. The molecule has 1 atom stereocenters. The van der Waals surface area contributed by atoms with E-state index in [9.17, 15) is 9.18 Å². The third kappa shape index (κ3) is 6.59. The van der Waals surface area contributed by atoms with Gasteiger partial charge in [-0.3, -0.25) is 4.90 Å². The van der Waals surface area contributed by atoms with Crippen LogP contribution >= 0.6 is 8.60 Å². The lowest BCUT2D eigenvalue weighted by atomic mass is 10.2. The van der Waals surface area contributed by atoms with E-state index < -0.39 is 20.8 Å². The van der Waals surface area contributed by atoms with Crippen molar-refractivity contribution in [1.82, 2.24) is 0 Å². The van der Waals surface area contributed by atoms with Crippen LogP contribution in [0.3, 0.4) is 0 Å². The largest absolute Gasteiger partial charge is 0.441 e. The molecule has 1 aliphatic rings. The molecule has 1 heterocycles. The summed E-state index contributed by atoms with van der Waals surface area (Å²) in [4.78, 5) is 13.7. The highest BCUT2D eigenvalue weighted by atomic mass is 31.2. The van der Waals surface area contributed by atoms with Crippen LogP contribution in [0.5, 0.6) is 0 Å². The van der Waals surface area contributed by atoms with Crippen molar-refractivity contribution in [2.75, 3.05) is 18.1 Å². The summed E-state index contributed by atoms with van der Waals surface area (Å²) in [6, 6.07) is 24.1. The SMILES string of the molecule is Cc1ccc(N2CC(COP(OCc3ccccc3)OCc3ccccc3)OC2=O)cc1F. The van der Waals surface area contributed by atoms with Crippen molar-refractivity contribution in [3.05, 3.63) is 101 Å². The molecule has 1 unspecified atom stereocenters. The highest BCUT2D eigenvalue weighted by molar-refractivity contribution is 7.41. The van der Waals surface area contributed by atoms with Crippen LogP contribution < -0.4 is 4.90 Å². The molecule has 1 amide bonds. The van der Waals surface area contributed by atoms with Crippen molar-refractivity contribution in [1.29, 1.82) is 0 Å². The molecular formula is C25H25FNO5P. The van der Waals surface area contributed by atoms with Gasteiger partial charge in [0.1, 0.15) is 11.9 Å². The molecule has 0 bridgehead atoms. The minimum absolute atomic E-state index is 0.103. The summed E-state index contributed by atoms with van der Waals surface area (Å²) >= 11 is 0. The molecule has 0 spiro atoms. The van der Waals surface area contributed by atoms with Crippen LogP contribution in [0, 0.1) is 12.7 Å². The van der Waals surface area contributed by atoms with E-state index in [0.717, 1.165) is 11.1 Å². The molecule has 0 aromatic heterocycles. The van der Waals surface area contributed by atoms with Crippen molar-refractivity contribution in [2.45, 2.75) is 26.2 Å². The summed E-state index contributed by atoms with van der Waals surface area (Å²) in [5.41, 5.74) is 2.96. The zero-order valence-corrected chi connectivity index (χ0v) is 19.1. The third-order valence-corrected chi connectivity index (χ3v) is 6.11. The maximum absolute atomic E-state index is 13.9. The average Bonchev–Trinajstić information content (AvgIpc) is 3.22. The van der Waals surface area contributed by atoms with Gasteiger partial charge in [-0.1, -0.05) is 66.7 Å². The predicted octanol–water partition coefficient (Wildman–Crippen LogP) is 6.14. The topological polar surface area (TPSA) is 57.2 Å². The lowest BCUT2D eigenvalue weighted by Gasteiger charge is -2.18. The average molecular weight is 469 g/mol. The van der Waals surface area contributed by atoms with E-state index in [1.807, 2.05) is 60.7 Å². The number of benzene rings is 3. The van der Waals surface area contributed by atoms with Crippen molar-refractivity contribution in [3.63, 3.8) is 0 Å². The number of amides is 1. The smallest absolute Gasteiger partial charge is 0.414 e. The molecule has 1 fully saturated rings. The van der Waals surface area contributed by atoms with Crippen LogP contribution in [0.2, 0.25) is 0 Å². The van der Waals surface area contributed by atoms with Crippen LogP contribution in [0.15, 0.2) is 78.9 Å². The molecule has 0 aliphatic carbocycles. The van der Waals surface area contributed by atoms with Gasteiger partial charge in [0.25, 0.3) is 0 Å². The van der Waals surface area contributed by atoms with Gasteiger partial charge < -0.3 is 18.3 Å². The van der Waals surface area contributed by atoms with Crippen LogP contribution in [-0.2, 0) is 31.5 Å². The predicted molar refractivity (Wildman–Crippen MR) is 124 cm³/mol. The number of anilines is 1. The van der Waals surface area contributed by atoms with Gasteiger partial charge in [0.05, 0.1) is 32.1 Å². The van der Waals surface area contributed by atoms with E-state index in [-0.39, 0.29) is 19.0 Å². The Balaban J connectivity index is 1.34. The van der Waals surface area contributed by atoms with Gasteiger partial charge in [-0.25, -0.2) is 9.18 Å². The molecule has 1 aliphatic heterocycles. The first-order valence-corrected chi connectivity index (χ1v) is 11.7. The Morgan fingerprint density at radius 2 is 1.55 bits per heavy atom. The second kappa shape index (κ2) is 11.3. The number of nitrogens with zero attached hydrogens (tertiary/aromatic N) is 1. The van der Waals surface area contributed by atoms with Crippen LogP contribution in [-0.4, -0.2) is 25.3 Å². The Bertz CT molecular complexity index is 1010. The lowest BCUT2D eigenvalue weighted by molar-refractivity contribution is 0.0818. The normalized spacial score (nSPS) is 15.8. The lowest BCUT2D eigenvalue weighted by Crippen LogP contribution is -2.25. The molecular weight excluding hydrogens is 444 g/mol. The van der Waals surface area contributed by atoms with Gasteiger partial charge in [0.2, 0.25) is 0 Å². The number of carbonyl (C=O) groups excluding carboxylic acids is 1. The van der Waals surface area contributed by atoms with Crippen LogP contribution in [0.4, 0.5) is 14.9 Å². The first kappa shape index (κ1) is 23.3. The summed E-state index contributed by atoms with van der Waals surface area (Å²) in [5, 5.41) is 0. The molecule has 6 nitrogen and oxygen atoms in total. The molecule has 33 heavy (non-hydrogen) atoms. The van der Waals surface area contributed by atoms with E-state index in [4.69, 9.17) is 18.3 Å². The molecule has 0 N–H and O–H groups in total. The summed E-state index contributed by atoms with van der Waals surface area (Å²) in [7, 11) is -1.69. The fourth-order valence-electron chi connectivity index (χ4n) is 3.23. The molecule has 0 radical (unpaired) electrons. The fraction of sp³-hybridized carbons (Fsp3) is 0.240. The summed E-state index contributed by atoms with van der Waals surface area (Å²) in [5.74, 6) is -0.368. The Morgan fingerprint density at radius 3 is 2.12 bits per heavy atom. The second-order valence-electron chi connectivity index (χ2n) is 7.59. The molecule has 172 valence electrons. The van der Waals surface area contributed by atoms with E-state index in [0.29, 0.717) is 24.5 Å². The monoisotopic (exact) mass is 469 g/mol. The Kier molecular flexibility index (Phi) is 8.02. The second-order valence-corrected chi connectivity index (χ2v) is 8.81. The van der Waals surface area contributed by atoms with Gasteiger partial charge in [-0.05, 0) is 35.7 Å². The van der Waals surface area contributed by atoms with E-state index in [1.165, 1.54) is 11.0 Å². The standard InChI is InChI=1S/C25H25FNO5P/c1-19-12-13-22(14-24(19)26)27-15-23(32-25(27)28)18-31-33(29-16-20-8-4-2-5-9-20)30-17-21-10-6-3-7-11-21/h2-14,23H,15-18H2,1H3. The zero-order valence-electron chi connectivity index (χ0n) is 18.2. The fourth-order valence-corrected chi connectivity index (χ4v) is 4.25. The third-order valence-electron chi connectivity index (χ3n) is 5.07. The minimum atomic E-state index is -1.69. The number of carbonyl (C=O) groups is 1. The maximum atomic E-state index is 13.9. The van der Waals surface area contributed by atoms with Crippen molar-refractivity contribution in [2.24, 2.45) is 0 Å². The Hall–Kier alpha value is -2.83. The van der Waals surface area contributed by atoms with Gasteiger partial charge in [-0.2, -0.15) is 0 Å². The van der Waals surface area contributed by atoms with Gasteiger partial charge in [0.15, 0.2) is 0 Å². The molecule has 0 saturated carbocycles. The number of aryl methyl sites for hydroxylation is 1. The summed E-state index contributed by atoms with van der Waals surface area (Å²) in [6.07, 6.45) is -1.06.